The lowest BCUT2D eigenvalue weighted by atomic mass is 10.3. The van der Waals surface area contributed by atoms with E-state index in [0.29, 0.717) is 24.2 Å². The van der Waals surface area contributed by atoms with Gasteiger partial charge in [0, 0.05) is 18.2 Å². The van der Waals surface area contributed by atoms with E-state index in [9.17, 15) is 4.79 Å². The maximum Gasteiger partial charge on any atom is 0.263 e. The molecule has 0 amide bonds. The Kier molecular flexibility index (Phi) is 4.26. The average molecular weight is 316 g/mol. The van der Waals surface area contributed by atoms with Crippen molar-refractivity contribution in [2.45, 2.75) is 26.5 Å². The van der Waals surface area contributed by atoms with Gasteiger partial charge in [-0.1, -0.05) is 0 Å². The highest BCUT2D eigenvalue weighted by Crippen LogP contribution is 2.21. The van der Waals surface area contributed by atoms with Crippen molar-refractivity contribution in [3.05, 3.63) is 51.1 Å². The molecular formula is C15H16N4O2S. The van der Waals surface area contributed by atoms with Crippen molar-refractivity contribution in [2.75, 3.05) is 6.61 Å². The van der Waals surface area contributed by atoms with Gasteiger partial charge in [0.1, 0.15) is 17.4 Å². The molecular weight excluding hydrogens is 300 g/mol. The Labute approximate surface area is 131 Å². The van der Waals surface area contributed by atoms with E-state index >= 15 is 0 Å². The highest BCUT2D eigenvalue weighted by atomic mass is 32.1. The summed E-state index contributed by atoms with van der Waals surface area (Å²) in [7, 11) is 0. The molecule has 0 saturated carbocycles. The van der Waals surface area contributed by atoms with Gasteiger partial charge in [-0.2, -0.15) is 0 Å². The van der Waals surface area contributed by atoms with Crippen molar-refractivity contribution in [3.63, 3.8) is 0 Å². The van der Waals surface area contributed by atoms with Gasteiger partial charge in [-0.25, -0.2) is 15.0 Å². The molecule has 0 bridgehead atoms. The first kappa shape index (κ1) is 14.8. The number of nitrogens with zero attached hydrogens (tertiary/aromatic N) is 4. The van der Waals surface area contributed by atoms with E-state index in [-0.39, 0.29) is 11.7 Å². The number of hydrogen-bond donors (Lipinski definition) is 0. The second-order valence-electron chi connectivity index (χ2n) is 4.83. The molecule has 3 aromatic rings. The summed E-state index contributed by atoms with van der Waals surface area (Å²) in [6.45, 7) is 4.98. The summed E-state index contributed by atoms with van der Waals surface area (Å²) < 4.78 is 7.08. The molecule has 0 aromatic carbocycles. The smallest absolute Gasteiger partial charge is 0.263 e. The first-order chi connectivity index (χ1) is 10.7. The molecule has 114 valence electrons. The van der Waals surface area contributed by atoms with Crippen molar-refractivity contribution in [1.29, 1.82) is 0 Å². The quantitative estimate of drug-likeness (QED) is 0.723. The summed E-state index contributed by atoms with van der Waals surface area (Å²) in [5, 5.41) is 3.38. The fourth-order valence-electron chi connectivity index (χ4n) is 2.19. The third-order valence-electron chi connectivity index (χ3n) is 3.26. The SMILES string of the molecule is CCO[C@H](C)c1nc(Cn2cnc3ncccc3c2=O)cs1. The van der Waals surface area contributed by atoms with Crippen LogP contribution >= 0.6 is 11.3 Å². The largest absolute Gasteiger partial charge is 0.372 e. The predicted octanol–water partition coefficient (Wildman–Crippen LogP) is 2.39. The highest BCUT2D eigenvalue weighted by molar-refractivity contribution is 7.09. The molecule has 3 heterocycles. The Morgan fingerprint density at radius 3 is 3.09 bits per heavy atom. The van der Waals surface area contributed by atoms with Gasteiger partial charge in [0.15, 0.2) is 5.65 Å². The second-order valence-corrected chi connectivity index (χ2v) is 5.72. The van der Waals surface area contributed by atoms with Crippen LogP contribution in [0.2, 0.25) is 0 Å². The fourth-order valence-corrected chi connectivity index (χ4v) is 3.00. The van der Waals surface area contributed by atoms with Gasteiger partial charge in [0.2, 0.25) is 0 Å². The van der Waals surface area contributed by atoms with Crippen molar-refractivity contribution in [3.8, 4) is 0 Å². The fraction of sp³-hybridized carbons (Fsp3) is 0.333. The van der Waals surface area contributed by atoms with Gasteiger partial charge in [-0.15, -0.1) is 11.3 Å². The van der Waals surface area contributed by atoms with Gasteiger partial charge < -0.3 is 4.74 Å². The molecule has 0 saturated heterocycles. The minimum atomic E-state index is -0.106. The van der Waals surface area contributed by atoms with E-state index in [1.807, 2.05) is 19.2 Å². The number of thiazole rings is 1. The Morgan fingerprint density at radius 1 is 1.41 bits per heavy atom. The monoisotopic (exact) mass is 316 g/mol. The van der Waals surface area contributed by atoms with Gasteiger partial charge in [0.25, 0.3) is 5.56 Å². The molecule has 0 spiro atoms. The molecule has 0 N–H and O–H groups in total. The summed E-state index contributed by atoms with van der Waals surface area (Å²) in [4.78, 5) is 25.2. The van der Waals surface area contributed by atoms with E-state index in [1.54, 1.807) is 34.2 Å². The summed E-state index contributed by atoms with van der Waals surface area (Å²) in [6, 6.07) is 3.47. The van der Waals surface area contributed by atoms with Crippen LogP contribution in [0.25, 0.3) is 11.0 Å². The van der Waals surface area contributed by atoms with E-state index < -0.39 is 0 Å². The molecule has 0 fully saturated rings. The minimum Gasteiger partial charge on any atom is -0.372 e. The lowest BCUT2D eigenvalue weighted by molar-refractivity contribution is 0.0761. The third kappa shape index (κ3) is 2.90. The number of aromatic nitrogens is 4. The maximum absolute atomic E-state index is 12.4. The zero-order valence-electron chi connectivity index (χ0n) is 12.4. The number of rotatable bonds is 5. The molecule has 1 atom stereocenters. The van der Waals surface area contributed by atoms with Crippen LogP contribution in [0.3, 0.4) is 0 Å². The van der Waals surface area contributed by atoms with E-state index in [1.165, 1.54) is 6.33 Å². The maximum atomic E-state index is 12.4. The van der Waals surface area contributed by atoms with Crippen molar-refractivity contribution < 1.29 is 4.74 Å². The lowest BCUT2D eigenvalue weighted by Gasteiger charge is -2.07. The molecule has 6 nitrogen and oxygen atoms in total. The first-order valence-electron chi connectivity index (χ1n) is 7.05. The Balaban J connectivity index is 1.87. The number of hydrogen-bond acceptors (Lipinski definition) is 6. The summed E-state index contributed by atoms with van der Waals surface area (Å²) >= 11 is 1.54. The normalized spacial score (nSPS) is 12.6. The minimum absolute atomic E-state index is 0.0283. The second kappa shape index (κ2) is 6.33. The summed E-state index contributed by atoms with van der Waals surface area (Å²) in [5.74, 6) is 0. The molecule has 3 aromatic heterocycles. The van der Waals surface area contributed by atoms with Crippen LogP contribution in [0.1, 0.15) is 30.7 Å². The van der Waals surface area contributed by atoms with Crippen LogP contribution in [0, 0.1) is 0 Å². The molecule has 22 heavy (non-hydrogen) atoms. The predicted molar refractivity (Wildman–Crippen MR) is 85.1 cm³/mol. The van der Waals surface area contributed by atoms with Crippen LogP contribution in [-0.4, -0.2) is 26.1 Å². The van der Waals surface area contributed by atoms with Crippen molar-refractivity contribution >= 4 is 22.4 Å². The average Bonchev–Trinajstić information content (AvgIpc) is 2.99. The summed E-state index contributed by atoms with van der Waals surface area (Å²) in [5.41, 5.74) is 1.19. The van der Waals surface area contributed by atoms with Crippen LogP contribution < -0.4 is 5.56 Å². The van der Waals surface area contributed by atoms with E-state index in [0.717, 1.165) is 10.7 Å². The Morgan fingerprint density at radius 2 is 2.27 bits per heavy atom. The van der Waals surface area contributed by atoms with Gasteiger partial charge in [-0.05, 0) is 26.0 Å². The zero-order valence-corrected chi connectivity index (χ0v) is 13.2. The first-order valence-corrected chi connectivity index (χ1v) is 7.93. The van der Waals surface area contributed by atoms with Crippen LogP contribution in [0.15, 0.2) is 34.8 Å². The standard InChI is InChI=1S/C15H16N4O2S/c1-3-21-10(2)14-18-11(8-22-14)7-19-9-17-13-12(15(19)20)5-4-6-16-13/h4-6,8-10H,3,7H2,1-2H3/t10-/m1/s1. The third-order valence-corrected chi connectivity index (χ3v) is 4.32. The van der Waals surface area contributed by atoms with E-state index in [2.05, 4.69) is 15.0 Å². The number of ether oxygens (including phenoxy) is 1. The lowest BCUT2D eigenvalue weighted by Crippen LogP contribution is -2.21. The molecule has 0 unspecified atom stereocenters. The molecule has 0 aliphatic rings. The summed E-state index contributed by atoms with van der Waals surface area (Å²) in [6.07, 6.45) is 3.11. The molecule has 3 rings (SSSR count). The topological polar surface area (TPSA) is 69.9 Å². The van der Waals surface area contributed by atoms with Gasteiger partial charge >= 0.3 is 0 Å². The molecule has 0 aliphatic carbocycles. The number of pyridine rings is 1. The molecule has 0 aliphatic heterocycles. The van der Waals surface area contributed by atoms with Crippen LogP contribution in [0.4, 0.5) is 0 Å². The van der Waals surface area contributed by atoms with Crippen LogP contribution in [-0.2, 0) is 11.3 Å². The molecule has 0 radical (unpaired) electrons. The van der Waals surface area contributed by atoms with Crippen LogP contribution in [0.5, 0.6) is 0 Å². The van der Waals surface area contributed by atoms with Gasteiger partial charge in [-0.3, -0.25) is 9.36 Å². The zero-order chi connectivity index (χ0) is 15.5. The van der Waals surface area contributed by atoms with E-state index in [4.69, 9.17) is 4.74 Å². The number of fused-ring (bicyclic) bond motifs is 1. The molecule has 7 heteroatoms. The van der Waals surface area contributed by atoms with Crippen molar-refractivity contribution in [2.24, 2.45) is 0 Å². The highest BCUT2D eigenvalue weighted by Gasteiger charge is 2.11. The van der Waals surface area contributed by atoms with Gasteiger partial charge in [0.05, 0.1) is 17.6 Å². The van der Waals surface area contributed by atoms with Crippen molar-refractivity contribution in [1.82, 2.24) is 19.5 Å². The Hall–Kier alpha value is -2.12. The Bertz CT molecular complexity index is 843.